The largest absolute Gasteiger partial charge is 0.328 e. The van der Waals surface area contributed by atoms with Gasteiger partial charge >= 0.3 is 0 Å². The normalized spacial score (nSPS) is 22.8. The van der Waals surface area contributed by atoms with E-state index in [1.54, 1.807) is 0 Å². The van der Waals surface area contributed by atoms with Crippen molar-refractivity contribution >= 4 is 19.9 Å². The topological polar surface area (TPSA) is 106 Å². The van der Waals surface area contributed by atoms with Crippen LogP contribution in [-0.4, -0.2) is 46.2 Å². The van der Waals surface area contributed by atoms with Gasteiger partial charge in [-0.15, -0.1) is 0 Å². The lowest BCUT2D eigenvalue weighted by Crippen LogP contribution is -2.40. The molecule has 1 fully saturated rings. The summed E-state index contributed by atoms with van der Waals surface area (Å²) in [4.78, 5) is 0. The second-order valence-corrected chi connectivity index (χ2v) is 9.26. The number of sulfone groups is 1. The van der Waals surface area contributed by atoms with E-state index in [1.807, 2.05) is 6.92 Å². The Morgan fingerprint density at radius 3 is 2.39 bits per heavy atom. The van der Waals surface area contributed by atoms with Gasteiger partial charge in [0.15, 0.2) is 0 Å². The van der Waals surface area contributed by atoms with E-state index in [1.165, 1.54) is 0 Å². The minimum atomic E-state index is -3.39. The molecule has 0 amide bonds. The first-order valence-corrected chi connectivity index (χ1v) is 9.54. The number of hydrogen-bond donors (Lipinski definition) is 2. The highest BCUT2D eigenvalue weighted by atomic mass is 32.2. The predicted molar refractivity (Wildman–Crippen MR) is 71.5 cm³/mol. The van der Waals surface area contributed by atoms with Crippen LogP contribution in [0.2, 0.25) is 0 Å². The number of hydrogen-bond acceptors (Lipinski definition) is 5. The molecule has 0 aromatic heterocycles. The first kappa shape index (κ1) is 15.9. The van der Waals surface area contributed by atoms with Crippen LogP contribution in [0.1, 0.15) is 32.6 Å². The van der Waals surface area contributed by atoms with Crippen LogP contribution >= 0.6 is 0 Å². The fraction of sp³-hybridized carbons (Fsp3) is 1.00. The standard InChI is InChI=1S/C10H22N2O4S2/c1-9(11)3-2-6-12-18(15,16)10-4-7-17(13,14)8-5-10/h9-10,12H,2-8,11H2,1H3. The number of rotatable bonds is 6. The van der Waals surface area contributed by atoms with E-state index in [0.717, 1.165) is 6.42 Å². The van der Waals surface area contributed by atoms with Crippen molar-refractivity contribution in [2.45, 2.75) is 43.9 Å². The summed E-state index contributed by atoms with van der Waals surface area (Å²) in [5.74, 6) is -0.0587. The van der Waals surface area contributed by atoms with Crippen LogP contribution in [-0.2, 0) is 19.9 Å². The van der Waals surface area contributed by atoms with Crippen LogP contribution in [0.5, 0.6) is 0 Å². The summed E-state index contributed by atoms with van der Waals surface area (Å²) in [6, 6.07) is 0.0642. The summed E-state index contributed by atoms with van der Waals surface area (Å²) >= 11 is 0. The molecular weight excluding hydrogens is 276 g/mol. The molecule has 1 unspecified atom stereocenters. The van der Waals surface area contributed by atoms with E-state index < -0.39 is 25.1 Å². The molecule has 108 valence electrons. The van der Waals surface area contributed by atoms with Crippen molar-refractivity contribution in [2.24, 2.45) is 5.73 Å². The minimum Gasteiger partial charge on any atom is -0.328 e. The summed E-state index contributed by atoms with van der Waals surface area (Å²) in [6.07, 6.45) is 1.86. The molecule has 0 aliphatic carbocycles. The quantitative estimate of drug-likeness (QED) is 0.650. The van der Waals surface area contributed by atoms with Crippen molar-refractivity contribution in [3.05, 3.63) is 0 Å². The molecule has 1 aliphatic rings. The van der Waals surface area contributed by atoms with Gasteiger partial charge in [0.1, 0.15) is 9.84 Å². The van der Waals surface area contributed by atoms with Gasteiger partial charge in [0.2, 0.25) is 10.0 Å². The van der Waals surface area contributed by atoms with Crippen molar-refractivity contribution in [3.63, 3.8) is 0 Å². The summed E-state index contributed by atoms with van der Waals surface area (Å²) in [7, 11) is -6.41. The molecule has 6 nitrogen and oxygen atoms in total. The van der Waals surface area contributed by atoms with Crippen molar-refractivity contribution in [3.8, 4) is 0 Å². The van der Waals surface area contributed by atoms with Gasteiger partial charge in [-0.2, -0.15) is 0 Å². The van der Waals surface area contributed by atoms with Crippen LogP contribution in [0.25, 0.3) is 0 Å². The summed E-state index contributed by atoms with van der Waals surface area (Å²) < 4.78 is 48.8. The van der Waals surface area contributed by atoms with Crippen LogP contribution in [0.3, 0.4) is 0 Å². The molecule has 0 radical (unpaired) electrons. The molecule has 0 aromatic rings. The summed E-state index contributed by atoms with van der Waals surface area (Å²) in [5.41, 5.74) is 5.57. The fourth-order valence-electron chi connectivity index (χ4n) is 1.94. The molecule has 1 heterocycles. The molecule has 0 aromatic carbocycles. The lowest BCUT2D eigenvalue weighted by atomic mass is 10.2. The van der Waals surface area contributed by atoms with E-state index >= 15 is 0 Å². The maximum absolute atomic E-state index is 11.9. The van der Waals surface area contributed by atoms with E-state index in [0.29, 0.717) is 13.0 Å². The molecule has 18 heavy (non-hydrogen) atoms. The van der Waals surface area contributed by atoms with Crippen molar-refractivity contribution in [1.29, 1.82) is 0 Å². The van der Waals surface area contributed by atoms with Crippen molar-refractivity contribution < 1.29 is 16.8 Å². The lowest BCUT2D eigenvalue weighted by molar-refractivity contribution is 0.536. The van der Waals surface area contributed by atoms with Crippen molar-refractivity contribution in [2.75, 3.05) is 18.1 Å². The Morgan fingerprint density at radius 2 is 1.89 bits per heavy atom. The predicted octanol–water partition coefficient (Wildman–Crippen LogP) is -0.390. The molecule has 0 saturated carbocycles. The van der Waals surface area contributed by atoms with Crippen molar-refractivity contribution in [1.82, 2.24) is 4.72 Å². The van der Waals surface area contributed by atoms with E-state index in [4.69, 9.17) is 5.73 Å². The monoisotopic (exact) mass is 298 g/mol. The third-order valence-corrected chi connectivity index (χ3v) is 6.75. The highest BCUT2D eigenvalue weighted by molar-refractivity contribution is 7.92. The zero-order valence-corrected chi connectivity index (χ0v) is 12.3. The molecule has 0 bridgehead atoms. The molecular formula is C10H22N2O4S2. The number of sulfonamides is 1. The summed E-state index contributed by atoms with van der Waals surface area (Å²) in [5, 5.41) is -0.573. The van der Waals surface area contributed by atoms with E-state index in [9.17, 15) is 16.8 Å². The van der Waals surface area contributed by atoms with Gasteiger partial charge in [-0.05, 0) is 32.6 Å². The zero-order chi connectivity index (χ0) is 13.8. The number of nitrogens with two attached hydrogens (primary N) is 1. The van der Waals surface area contributed by atoms with E-state index in [2.05, 4.69) is 4.72 Å². The Bertz CT molecular complexity index is 442. The molecule has 3 N–H and O–H groups in total. The van der Waals surface area contributed by atoms with E-state index in [-0.39, 0.29) is 30.4 Å². The Balaban J connectivity index is 2.40. The second-order valence-electron chi connectivity index (χ2n) is 4.91. The van der Waals surface area contributed by atoms with Gasteiger partial charge in [0.25, 0.3) is 0 Å². The highest BCUT2D eigenvalue weighted by Crippen LogP contribution is 2.18. The van der Waals surface area contributed by atoms with Gasteiger partial charge in [-0.3, -0.25) is 0 Å². The Morgan fingerprint density at radius 1 is 1.33 bits per heavy atom. The Hall–Kier alpha value is -0.180. The SMILES string of the molecule is CC(N)CCCNS(=O)(=O)C1CCS(=O)(=O)CC1. The first-order valence-electron chi connectivity index (χ1n) is 6.17. The molecule has 0 spiro atoms. The Labute approximate surface area is 109 Å². The molecule has 1 saturated heterocycles. The Kier molecular flexibility index (Phi) is 5.57. The number of nitrogens with one attached hydrogen (secondary N) is 1. The molecule has 8 heteroatoms. The lowest BCUT2D eigenvalue weighted by Gasteiger charge is -2.22. The van der Waals surface area contributed by atoms with Crippen LogP contribution in [0, 0.1) is 0 Å². The molecule has 1 aliphatic heterocycles. The average Bonchev–Trinajstić information content (AvgIpc) is 2.23. The highest BCUT2D eigenvalue weighted by Gasteiger charge is 2.32. The fourth-order valence-corrected chi connectivity index (χ4v) is 5.25. The van der Waals surface area contributed by atoms with Gasteiger partial charge < -0.3 is 5.73 Å². The van der Waals surface area contributed by atoms with Gasteiger partial charge in [-0.1, -0.05) is 0 Å². The smallest absolute Gasteiger partial charge is 0.214 e. The first-order chi connectivity index (χ1) is 8.23. The molecule has 1 atom stereocenters. The van der Waals surface area contributed by atoms with Gasteiger partial charge in [-0.25, -0.2) is 21.6 Å². The second kappa shape index (κ2) is 6.31. The van der Waals surface area contributed by atoms with Gasteiger partial charge in [0, 0.05) is 12.6 Å². The van der Waals surface area contributed by atoms with Crippen LogP contribution < -0.4 is 10.5 Å². The van der Waals surface area contributed by atoms with Gasteiger partial charge in [0.05, 0.1) is 16.8 Å². The maximum atomic E-state index is 11.9. The molecule has 1 rings (SSSR count). The average molecular weight is 298 g/mol. The third kappa shape index (κ3) is 5.21. The summed E-state index contributed by atoms with van der Waals surface area (Å²) in [6.45, 7) is 2.24. The van der Waals surface area contributed by atoms with Crippen LogP contribution in [0.4, 0.5) is 0 Å². The minimum absolute atomic E-state index is 0.0294. The third-order valence-electron chi connectivity index (χ3n) is 3.08. The maximum Gasteiger partial charge on any atom is 0.214 e. The zero-order valence-electron chi connectivity index (χ0n) is 10.6. The van der Waals surface area contributed by atoms with Crippen LogP contribution in [0.15, 0.2) is 0 Å².